The molecule has 0 unspecified atom stereocenters. The molecule has 3 aromatic rings. The Morgan fingerprint density at radius 1 is 1.21 bits per heavy atom. The van der Waals surface area contributed by atoms with Crippen LogP contribution in [0.3, 0.4) is 0 Å². The van der Waals surface area contributed by atoms with E-state index in [0.29, 0.717) is 27.6 Å². The molecular weight excluding hydrogens is 376 g/mol. The highest BCUT2D eigenvalue weighted by molar-refractivity contribution is 9.10. The number of halogens is 1. The van der Waals surface area contributed by atoms with Crippen LogP contribution in [-0.2, 0) is 0 Å². The van der Waals surface area contributed by atoms with Crippen molar-refractivity contribution in [1.29, 1.82) is 0 Å². The standard InChI is InChI=1S/C15H13BrN6O2/c1-24-11-7-9(6-10(16)15(11)23)21-22-14-8-19-13(20-14)3-2-12-17-4-5-18-12/h2-8,23H,1H3,(H,17,18)(H,19,20)/b3-2+,22-21?. The number of aromatic amines is 2. The number of phenolic OH excluding ortho intramolecular Hbond substituents is 1. The number of rotatable bonds is 5. The number of aromatic nitrogens is 4. The first-order valence-electron chi connectivity index (χ1n) is 6.86. The summed E-state index contributed by atoms with van der Waals surface area (Å²) in [4.78, 5) is 14.2. The zero-order valence-corrected chi connectivity index (χ0v) is 14.1. The van der Waals surface area contributed by atoms with Crippen molar-refractivity contribution >= 4 is 39.6 Å². The normalized spacial score (nSPS) is 11.6. The third kappa shape index (κ3) is 3.69. The highest BCUT2D eigenvalue weighted by Crippen LogP contribution is 2.38. The van der Waals surface area contributed by atoms with E-state index in [1.807, 2.05) is 0 Å². The van der Waals surface area contributed by atoms with Crippen LogP contribution in [0, 0.1) is 0 Å². The molecule has 9 heteroatoms. The van der Waals surface area contributed by atoms with Gasteiger partial charge in [-0.25, -0.2) is 9.97 Å². The molecule has 24 heavy (non-hydrogen) atoms. The SMILES string of the molecule is COc1cc(N=Nc2cnc(/C=C/c3ncc[nH]3)[nH]2)cc(Br)c1O. The van der Waals surface area contributed by atoms with Gasteiger partial charge in [0.2, 0.25) is 0 Å². The minimum Gasteiger partial charge on any atom is -0.503 e. The highest BCUT2D eigenvalue weighted by Gasteiger charge is 2.08. The number of phenols is 1. The molecule has 0 aliphatic carbocycles. The Morgan fingerprint density at radius 2 is 2.04 bits per heavy atom. The minimum atomic E-state index is 0.0170. The van der Waals surface area contributed by atoms with Crippen molar-refractivity contribution in [2.45, 2.75) is 0 Å². The molecule has 2 aromatic heterocycles. The second kappa shape index (κ2) is 7.09. The number of azo groups is 1. The Labute approximate surface area is 145 Å². The van der Waals surface area contributed by atoms with E-state index in [1.165, 1.54) is 7.11 Å². The topological polar surface area (TPSA) is 112 Å². The van der Waals surface area contributed by atoms with Gasteiger partial charge in [-0.05, 0) is 34.1 Å². The molecule has 0 spiro atoms. The molecule has 0 fully saturated rings. The predicted octanol–water partition coefficient (Wildman–Crippen LogP) is 4.20. The van der Waals surface area contributed by atoms with E-state index in [9.17, 15) is 5.11 Å². The molecule has 3 rings (SSSR count). The van der Waals surface area contributed by atoms with E-state index in [2.05, 4.69) is 46.1 Å². The maximum absolute atomic E-state index is 9.77. The molecule has 0 bridgehead atoms. The van der Waals surface area contributed by atoms with Gasteiger partial charge in [-0.15, -0.1) is 10.2 Å². The second-order valence-electron chi connectivity index (χ2n) is 4.64. The van der Waals surface area contributed by atoms with Crippen LogP contribution >= 0.6 is 15.9 Å². The first-order valence-corrected chi connectivity index (χ1v) is 7.65. The fourth-order valence-corrected chi connectivity index (χ4v) is 2.30. The van der Waals surface area contributed by atoms with Crippen LogP contribution in [-0.4, -0.2) is 32.2 Å². The Morgan fingerprint density at radius 3 is 2.79 bits per heavy atom. The molecule has 122 valence electrons. The monoisotopic (exact) mass is 388 g/mol. The van der Waals surface area contributed by atoms with Gasteiger partial charge in [0.25, 0.3) is 0 Å². The van der Waals surface area contributed by atoms with Gasteiger partial charge in [-0.2, -0.15) is 0 Å². The van der Waals surface area contributed by atoms with Crippen LogP contribution in [0.25, 0.3) is 12.2 Å². The lowest BCUT2D eigenvalue weighted by molar-refractivity contribution is 0.372. The van der Waals surface area contributed by atoms with Crippen LogP contribution in [0.1, 0.15) is 11.6 Å². The van der Waals surface area contributed by atoms with Crippen LogP contribution in [0.2, 0.25) is 0 Å². The summed E-state index contributed by atoms with van der Waals surface area (Å²) in [6.45, 7) is 0. The summed E-state index contributed by atoms with van der Waals surface area (Å²) in [5.41, 5.74) is 0.527. The van der Waals surface area contributed by atoms with Crippen molar-refractivity contribution in [3.63, 3.8) is 0 Å². The molecule has 0 atom stereocenters. The molecule has 0 aliphatic rings. The van der Waals surface area contributed by atoms with E-state index < -0.39 is 0 Å². The van der Waals surface area contributed by atoms with E-state index in [4.69, 9.17) is 4.74 Å². The molecule has 8 nitrogen and oxygen atoms in total. The molecular formula is C15H13BrN6O2. The van der Waals surface area contributed by atoms with Crippen molar-refractivity contribution < 1.29 is 9.84 Å². The van der Waals surface area contributed by atoms with Crippen molar-refractivity contribution in [3.05, 3.63) is 46.8 Å². The van der Waals surface area contributed by atoms with Gasteiger partial charge in [0.05, 0.1) is 23.5 Å². The van der Waals surface area contributed by atoms with E-state index in [1.54, 1.807) is 42.9 Å². The quantitative estimate of drug-likeness (QED) is 0.568. The number of nitrogens with zero attached hydrogens (tertiary/aromatic N) is 4. The summed E-state index contributed by atoms with van der Waals surface area (Å²) >= 11 is 3.24. The van der Waals surface area contributed by atoms with E-state index in [0.717, 1.165) is 5.82 Å². The van der Waals surface area contributed by atoms with Crippen molar-refractivity contribution in [2.75, 3.05) is 7.11 Å². The van der Waals surface area contributed by atoms with Gasteiger partial charge in [0, 0.05) is 18.5 Å². The molecule has 0 radical (unpaired) electrons. The summed E-state index contributed by atoms with van der Waals surface area (Å²) in [5, 5.41) is 18.0. The van der Waals surface area contributed by atoms with E-state index >= 15 is 0 Å². The molecule has 0 amide bonds. The largest absolute Gasteiger partial charge is 0.503 e. The van der Waals surface area contributed by atoms with Gasteiger partial charge in [0.1, 0.15) is 11.6 Å². The van der Waals surface area contributed by atoms with Crippen molar-refractivity contribution in [2.24, 2.45) is 10.2 Å². The number of aromatic hydroxyl groups is 1. The Kier molecular flexibility index (Phi) is 4.71. The highest BCUT2D eigenvalue weighted by atomic mass is 79.9. The van der Waals surface area contributed by atoms with Crippen LogP contribution < -0.4 is 4.74 Å². The number of hydrogen-bond acceptors (Lipinski definition) is 6. The fourth-order valence-electron chi connectivity index (χ4n) is 1.87. The molecule has 0 saturated carbocycles. The number of methoxy groups -OCH3 is 1. The number of imidazole rings is 2. The molecule has 1 aromatic carbocycles. The maximum Gasteiger partial charge on any atom is 0.172 e. The number of benzene rings is 1. The first kappa shape index (κ1) is 15.9. The number of H-pyrrole nitrogens is 2. The second-order valence-corrected chi connectivity index (χ2v) is 5.49. The number of nitrogens with one attached hydrogen (secondary N) is 2. The van der Waals surface area contributed by atoms with Gasteiger partial charge >= 0.3 is 0 Å². The smallest absolute Gasteiger partial charge is 0.172 e. The lowest BCUT2D eigenvalue weighted by Crippen LogP contribution is -1.83. The molecule has 0 saturated heterocycles. The van der Waals surface area contributed by atoms with Gasteiger partial charge in [-0.3, -0.25) is 0 Å². The summed E-state index contributed by atoms with van der Waals surface area (Å²) in [6, 6.07) is 3.22. The maximum atomic E-state index is 9.77. The average Bonchev–Trinajstić information content (AvgIpc) is 3.25. The third-order valence-corrected chi connectivity index (χ3v) is 3.61. The Hall–Kier alpha value is -2.94. The fraction of sp³-hybridized carbons (Fsp3) is 0.0667. The van der Waals surface area contributed by atoms with Crippen molar-refractivity contribution in [3.8, 4) is 11.5 Å². The van der Waals surface area contributed by atoms with Crippen LogP contribution in [0.5, 0.6) is 11.5 Å². The Balaban J connectivity index is 1.75. The predicted molar refractivity (Wildman–Crippen MR) is 92.6 cm³/mol. The lowest BCUT2D eigenvalue weighted by atomic mass is 10.3. The summed E-state index contributed by atoms with van der Waals surface area (Å²) < 4.78 is 5.54. The van der Waals surface area contributed by atoms with E-state index in [-0.39, 0.29) is 5.75 Å². The van der Waals surface area contributed by atoms with Gasteiger partial charge in [0.15, 0.2) is 17.3 Å². The number of ether oxygens (including phenoxy) is 1. The zero-order valence-electron chi connectivity index (χ0n) is 12.6. The van der Waals surface area contributed by atoms with Gasteiger partial charge < -0.3 is 19.8 Å². The Bertz CT molecular complexity index is 886. The molecule has 0 aliphatic heterocycles. The van der Waals surface area contributed by atoms with Gasteiger partial charge in [-0.1, -0.05) is 0 Å². The van der Waals surface area contributed by atoms with Crippen LogP contribution in [0.4, 0.5) is 11.5 Å². The summed E-state index contributed by atoms with van der Waals surface area (Å²) in [5.74, 6) is 2.19. The van der Waals surface area contributed by atoms with Crippen LogP contribution in [0.15, 0.2) is 45.4 Å². The zero-order chi connectivity index (χ0) is 16.9. The third-order valence-electron chi connectivity index (χ3n) is 3.01. The number of hydrogen-bond donors (Lipinski definition) is 3. The summed E-state index contributed by atoms with van der Waals surface area (Å²) in [6.07, 6.45) is 8.55. The van der Waals surface area contributed by atoms with Crippen molar-refractivity contribution in [1.82, 2.24) is 19.9 Å². The minimum absolute atomic E-state index is 0.0170. The summed E-state index contributed by atoms with van der Waals surface area (Å²) in [7, 11) is 1.47. The average molecular weight is 389 g/mol. The molecule has 3 N–H and O–H groups in total. The lowest BCUT2D eigenvalue weighted by Gasteiger charge is -2.05. The first-order chi connectivity index (χ1) is 11.7. The molecule has 2 heterocycles.